The summed E-state index contributed by atoms with van der Waals surface area (Å²) >= 11 is 1.42. The highest BCUT2D eigenvalue weighted by Crippen LogP contribution is 2.48. The number of pyridine rings is 1. The average Bonchev–Trinajstić information content (AvgIpc) is 3.32. The number of thioether (sulfide) groups is 1. The zero-order chi connectivity index (χ0) is 25.7. The van der Waals surface area contributed by atoms with Crippen molar-refractivity contribution in [3.05, 3.63) is 76.2 Å². The fourth-order valence-corrected chi connectivity index (χ4v) is 5.12. The first kappa shape index (κ1) is 25.3. The van der Waals surface area contributed by atoms with Gasteiger partial charge in [0.05, 0.1) is 45.1 Å². The molecule has 4 rings (SSSR count). The molecule has 1 aromatic heterocycles. The largest absolute Gasteiger partial charge is 0.497 e. The van der Waals surface area contributed by atoms with Gasteiger partial charge in [0, 0.05) is 36.3 Å². The molecule has 188 valence electrons. The fraction of sp³-hybridized carbons (Fsp3) is 0.308. The number of rotatable bonds is 9. The minimum absolute atomic E-state index is 0.113. The second-order valence-corrected chi connectivity index (χ2v) is 8.85. The maximum atomic E-state index is 13.1. The molecule has 0 fully saturated rings. The predicted molar refractivity (Wildman–Crippen MR) is 137 cm³/mol. The van der Waals surface area contributed by atoms with Crippen molar-refractivity contribution in [1.29, 1.82) is 0 Å². The summed E-state index contributed by atoms with van der Waals surface area (Å²) in [6.07, 6.45) is 4.03. The van der Waals surface area contributed by atoms with Crippen LogP contribution in [0.25, 0.3) is 0 Å². The minimum Gasteiger partial charge on any atom is -0.497 e. The zero-order valence-electron chi connectivity index (χ0n) is 20.6. The predicted octanol–water partition coefficient (Wildman–Crippen LogP) is 3.94. The summed E-state index contributed by atoms with van der Waals surface area (Å²) in [5, 5.41) is 5.55. The van der Waals surface area contributed by atoms with Gasteiger partial charge in [-0.2, -0.15) is 0 Å². The topological polar surface area (TPSA) is 102 Å². The van der Waals surface area contributed by atoms with Crippen LogP contribution in [0.15, 0.2) is 70.1 Å². The summed E-state index contributed by atoms with van der Waals surface area (Å²) in [5.74, 6) is 0.554. The average molecular weight is 509 g/mol. The number of nitrogens with zero attached hydrogens (tertiary/aromatic N) is 3. The third-order valence-electron chi connectivity index (χ3n) is 5.95. The van der Waals surface area contributed by atoms with Gasteiger partial charge >= 0.3 is 5.97 Å². The van der Waals surface area contributed by atoms with Gasteiger partial charge in [-0.25, -0.2) is 9.79 Å². The summed E-state index contributed by atoms with van der Waals surface area (Å²) in [5.41, 5.74) is 3.48. The Morgan fingerprint density at radius 3 is 2.56 bits per heavy atom. The van der Waals surface area contributed by atoms with Crippen LogP contribution in [0.4, 0.5) is 0 Å². The number of amidine groups is 1. The lowest BCUT2D eigenvalue weighted by molar-refractivity contribution is -0.136. The van der Waals surface area contributed by atoms with Crippen molar-refractivity contribution in [2.24, 2.45) is 4.99 Å². The van der Waals surface area contributed by atoms with E-state index in [1.54, 1.807) is 32.7 Å². The summed E-state index contributed by atoms with van der Waals surface area (Å²) < 4.78 is 16.2. The Balaban J connectivity index is 1.70. The van der Waals surface area contributed by atoms with Crippen LogP contribution in [0.5, 0.6) is 11.5 Å². The standard InChI is InChI=1S/C26H28N4O5S/c1-5-20-23(25(32)35-4)24(19-7-6-18(33-2)13-21(19)34-3)30-17(15-36-26(30)29-20)12-22(31)28-14-16-8-10-27-11-9-16/h6-11,13,15,24H,5,12,14H2,1-4H3,(H,28,31)/t24-/m1/s1. The van der Waals surface area contributed by atoms with Gasteiger partial charge < -0.3 is 24.4 Å². The molecule has 0 aliphatic carbocycles. The lowest BCUT2D eigenvalue weighted by Crippen LogP contribution is -2.38. The number of methoxy groups -OCH3 is 3. The number of nitrogens with one attached hydrogen (secondary N) is 1. The molecule has 2 aliphatic rings. The van der Waals surface area contributed by atoms with Crippen molar-refractivity contribution in [3.63, 3.8) is 0 Å². The molecule has 10 heteroatoms. The highest BCUT2D eigenvalue weighted by atomic mass is 32.2. The molecule has 36 heavy (non-hydrogen) atoms. The van der Waals surface area contributed by atoms with E-state index in [0.29, 0.717) is 40.9 Å². The number of benzene rings is 1. The number of hydrogen-bond donors (Lipinski definition) is 1. The molecule has 1 atom stereocenters. The molecular weight excluding hydrogens is 480 g/mol. The Labute approximate surface area is 214 Å². The Hall–Kier alpha value is -3.79. The van der Waals surface area contributed by atoms with E-state index in [1.807, 2.05) is 41.5 Å². The number of carbonyl (C=O) groups is 2. The number of aliphatic imine (C=N–C) groups is 1. The summed E-state index contributed by atoms with van der Waals surface area (Å²) in [7, 11) is 4.50. The molecule has 1 amide bonds. The van der Waals surface area contributed by atoms with E-state index in [2.05, 4.69) is 10.3 Å². The van der Waals surface area contributed by atoms with E-state index >= 15 is 0 Å². The van der Waals surface area contributed by atoms with Gasteiger partial charge in [0.2, 0.25) is 5.91 Å². The number of ether oxygens (including phenoxy) is 3. The molecular formula is C26H28N4O5S. The van der Waals surface area contributed by atoms with E-state index in [-0.39, 0.29) is 12.3 Å². The monoisotopic (exact) mass is 508 g/mol. The molecule has 0 saturated heterocycles. The molecule has 0 bridgehead atoms. The molecule has 0 saturated carbocycles. The normalized spacial score (nSPS) is 16.7. The van der Waals surface area contributed by atoms with Crippen LogP contribution in [-0.2, 0) is 20.9 Å². The molecule has 1 aromatic carbocycles. The minimum atomic E-state index is -0.588. The first-order valence-electron chi connectivity index (χ1n) is 11.4. The number of amides is 1. The second-order valence-electron chi connectivity index (χ2n) is 8.02. The molecule has 2 aliphatic heterocycles. The fourth-order valence-electron chi connectivity index (χ4n) is 4.18. The van der Waals surface area contributed by atoms with E-state index < -0.39 is 12.0 Å². The number of esters is 1. The summed E-state index contributed by atoms with van der Waals surface area (Å²) in [6, 6.07) is 8.58. The van der Waals surface area contributed by atoms with Crippen molar-refractivity contribution in [2.45, 2.75) is 32.4 Å². The van der Waals surface area contributed by atoms with Gasteiger partial charge in [-0.1, -0.05) is 18.7 Å². The van der Waals surface area contributed by atoms with Crippen molar-refractivity contribution >= 4 is 28.8 Å². The van der Waals surface area contributed by atoms with E-state index in [0.717, 1.165) is 16.8 Å². The van der Waals surface area contributed by atoms with Crippen LogP contribution in [0.3, 0.4) is 0 Å². The number of carbonyl (C=O) groups excluding carboxylic acids is 2. The Kier molecular flexibility index (Phi) is 7.94. The van der Waals surface area contributed by atoms with E-state index in [1.165, 1.54) is 18.9 Å². The van der Waals surface area contributed by atoms with Gasteiger partial charge in [-0.3, -0.25) is 9.78 Å². The van der Waals surface area contributed by atoms with E-state index in [4.69, 9.17) is 19.2 Å². The maximum absolute atomic E-state index is 13.1. The molecule has 0 radical (unpaired) electrons. The second kappa shape index (κ2) is 11.3. The zero-order valence-corrected chi connectivity index (χ0v) is 21.4. The van der Waals surface area contributed by atoms with Gasteiger partial charge in [-0.15, -0.1) is 0 Å². The lowest BCUT2D eigenvalue weighted by atomic mass is 9.92. The summed E-state index contributed by atoms with van der Waals surface area (Å²) in [6.45, 7) is 2.34. The summed E-state index contributed by atoms with van der Waals surface area (Å²) in [4.78, 5) is 36.6. The number of hydrogen-bond acceptors (Lipinski definition) is 9. The number of allylic oxidation sites excluding steroid dienone is 1. The van der Waals surface area contributed by atoms with Crippen molar-refractivity contribution in [3.8, 4) is 11.5 Å². The Morgan fingerprint density at radius 1 is 1.11 bits per heavy atom. The van der Waals surface area contributed by atoms with E-state index in [9.17, 15) is 9.59 Å². The van der Waals surface area contributed by atoms with Crippen LogP contribution < -0.4 is 14.8 Å². The van der Waals surface area contributed by atoms with Gasteiger partial charge in [-0.05, 0) is 41.7 Å². The molecule has 0 unspecified atom stereocenters. The van der Waals surface area contributed by atoms with Crippen LogP contribution in [-0.4, -0.2) is 48.3 Å². The van der Waals surface area contributed by atoms with Crippen LogP contribution in [0, 0.1) is 0 Å². The Bertz CT molecular complexity index is 1240. The van der Waals surface area contributed by atoms with Crippen molar-refractivity contribution in [1.82, 2.24) is 15.2 Å². The van der Waals surface area contributed by atoms with Gasteiger partial charge in [0.1, 0.15) is 11.5 Å². The van der Waals surface area contributed by atoms with Crippen LogP contribution >= 0.6 is 11.8 Å². The van der Waals surface area contributed by atoms with Crippen LogP contribution in [0.2, 0.25) is 0 Å². The lowest BCUT2D eigenvalue weighted by Gasteiger charge is -2.37. The maximum Gasteiger partial charge on any atom is 0.338 e. The quantitative estimate of drug-likeness (QED) is 0.508. The number of fused-ring (bicyclic) bond motifs is 1. The number of aromatic nitrogens is 1. The third-order valence-corrected chi connectivity index (χ3v) is 6.83. The first-order chi connectivity index (χ1) is 17.5. The van der Waals surface area contributed by atoms with Crippen molar-refractivity contribution in [2.75, 3.05) is 21.3 Å². The molecule has 2 aromatic rings. The first-order valence-corrected chi connectivity index (χ1v) is 12.3. The molecule has 1 N–H and O–H groups in total. The SMILES string of the molecule is CCC1=C(C(=O)OC)[C@@H](c2ccc(OC)cc2OC)N2C(CC(=O)NCc3ccncc3)=CSC2=N1. The van der Waals surface area contributed by atoms with Crippen molar-refractivity contribution < 1.29 is 23.8 Å². The molecule has 0 spiro atoms. The van der Waals surface area contributed by atoms with Gasteiger partial charge in [0.15, 0.2) is 5.17 Å². The van der Waals surface area contributed by atoms with Crippen LogP contribution in [0.1, 0.15) is 36.9 Å². The van der Waals surface area contributed by atoms with Gasteiger partial charge in [0.25, 0.3) is 0 Å². The highest BCUT2D eigenvalue weighted by Gasteiger charge is 2.42. The smallest absolute Gasteiger partial charge is 0.338 e. The highest BCUT2D eigenvalue weighted by molar-refractivity contribution is 8.16. The molecule has 9 nitrogen and oxygen atoms in total. The third kappa shape index (κ3) is 5.08. The Morgan fingerprint density at radius 2 is 1.89 bits per heavy atom. The molecule has 3 heterocycles.